The summed E-state index contributed by atoms with van der Waals surface area (Å²) in [4.78, 5) is 13.0. The van der Waals surface area contributed by atoms with Crippen LogP contribution in [-0.4, -0.2) is 4.98 Å². The Morgan fingerprint density at radius 2 is 2.33 bits per heavy atom. The average molecular weight is 188 g/mol. The Morgan fingerprint density at radius 3 is 2.78 bits per heavy atom. The van der Waals surface area contributed by atoms with Gasteiger partial charge < -0.3 is 4.98 Å². The molecule has 0 fully saturated rings. The fourth-order valence-electron chi connectivity index (χ4n) is 0.526. The molecule has 0 aromatic carbocycles. The number of hydrogen-bond donors (Lipinski definition) is 1. The molecule has 0 aliphatic rings. The van der Waals surface area contributed by atoms with Crippen LogP contribution < -0.4 is 5.56 Å². The van der Waals surface area contributed by atoms with Gasteiger partial charge in [0, 0.05) is 17.6 Å². The van der Waals surface area contributed by atoms with Gasteiger partial charge in [-0.25, -0.2) is 0 Å². The van der Waals surface area contributed by atoms with E-state index < -0.39 is 0 Å². The molecule has 0 unspecified atom stereocenters. The van der Waals surface area contributed by atoms with Gasteiger partial charge in [0.1, 0.15) is 0 Å². The van der Waals surface area contributed by atoms with Crippen molar-refractivity contribution in [3.05, 3.63) is 34.2 Å². The van der Waals surface area contributed by atoms with E-state index in [1.165, 1.54) is 6.07 Å². The van der Waals surface area contributed by atoms with Gasteiger partial charge in [-0.2, -0.15) is 0 Å². The zero-order valence-electron chi connectivity index (χ0n) is 4.73. The summed E-state index contributed by atoms with van der Waals surface area (Å²) in [5, 5.41) is 0.782. The van der Waals surface area contributed by atoms with Crippen molar-refractivity contribution in [2.75, 3.05) is 0 Å². The fraction of sp³-hybridized carbons (Fsp3) is 0.167. The minimum absolute atomic E-state index is 0.0558. The van der Waals surface area contributed by atoms with Crippen molar-refractivity contribution < 1.29 is 0 Å². The highest BCUT2D eigenvalue weighted by molar-refractivity contribution is 9.08. The van der Waals surface area contributed by atoms with Crippen LogP contribution in [0.25, 0.3) is 0 Å². The molecule has 1 aromatic rings. The van der Waals surface area contributed by atoms with Crippen molar-refractivity contribution >= 4 is 15.9 Å². The van der Waals surface area contributed by atoms with Crippen LogP contribution in [0.3, 0.4) is 0 Å². The van der Waals surface area contributed by atoms with Crippen LogP contribution >= 0.6 is 15.9 Å². The van der Waals surface area contributed by atoms with Crippen molar-refractivity contribution in [1.29, 1.82) is 0 Å². The van der Waals surface area contributed by atoms with Crippen LogP contribution in [0.15, 0.2) is 23.1 Å². The van der Waals surface area contributed by atoms with Gasteiger partial charge in [-0.1, -0.05) is 22.0 Å². The maximum absolute atomic E-state index is 10.5. The minimum Gasteiger partial charge on any atom is -0.329 e. The van der Waals surface area contributed by atoms with E-state index in [1.54, 1.807) is 12.3 Å². The standard InChI is InChI=1S/C6H6BrNO/c7-3-5-1-2-6(9)8-4-5/h1-2,4H,3H2,(H,8,9). The summed E-state index contributed by atoms with van der Waals surface area (Å²) in [7, 11) is 0. The smallest absolute Gasteiger partial charge is 0.247 e. The molecule has 3 heteroatoms. The summed E-state index contributed by atoms with van der Waals surface area (Å²) in [6, 6.07) is 3.30. The first-order valence-corrected chi connectivity index (χ1v) is 3.68. The van der Waals surface area contributed by atoms with Gasteiger partial charge in [0.2, 0.25) is 5.56 Å². The molecule has 1 heterocycles. The molecule has 1 aromatic heterocycles. The quantitative estimate of drug-likeness (QED) is 0.661. The van der Waals surface area contributed by atoms with E-state index in [0.29, 0.717) is 0 Å². The summed E-state index contributed by atoms with van der Waals surface area (Å²) < 4.78 is 0. The fourth-order valence-corrected chi connectivity index (χ4v) is 0.875. The normalized spacial score (nSPS) is 9.44. The Labute approximate surface area is 61.0 Å². The van der Waals surface area contributed by atoms with Gasteiger partial charge in [-0.3, -0.25) is 4.79 Å². The molecule has 0 radical (unpaired) electrons. The second kappa shape index (κ2) is 2.82. The topological polar surface area (TPSA) is 32.9 Å². The number of pyridine rings is 1. The number of aromatic nitrogens is 1. The Hall–Kier alpha value is -0.570. The van der Waals surface area contributed by atoms with Gasteiger partial charge in [0.25, 0.3) is 0 Å². The monoisotopic (exact) mass is 187 g/mol. The third-order valence-electron chi connectivity index (χ3n) is 1.00. The maximum atomic E-state index is 10.5. The van der Waals surface area contributed by atoms with Crippen molar-refractivity contribution in [3.8, 4) is 0 Å². The molecule has 0 aliphatic carbocycles. The largest absolute Gasteiger partial charge is 0.329 e. The number of alkyl halides is 1. The van der Waals surface area contributed by atoms with Crippen LogP contribution in [0.2, 0.25) is 0 Å². The molecule has 0 spiro atoms. The molecule has 0 atom stereocenters. The first-order valence-electron chi connectivity index (χ1n) is 2.56. The predicted octanol–water partition coefficient (Wildman–Crippen LogP) is 1.27. The molecule has 9 heavy (non-hydrogen) atoms. The van der Waals surface area contributed by atoms with Crippen molar-refractivity contribution in [3.63, 3.8) is 0 Å². The number of halogens is 1. The molecule has 0 saturated carbocycles. The molecule has 0 aliphatic heterocycles. The number of nitrogens with one attached hydrogen (secondary N) is 1. The SMILES string of the molecule is O=c1ccc(CBr)c[nH]1. The van der Waals surface area contributed by atoms with E-state index in [9.17, 15) is 4.79 Å². The highest BCUT2D eigenvalue weighted by Gasteiger charge is 1.85. The van der Waals surface area contributed by atoms with Gasteiger partial charge in [0.15, 0.2) is 0 Å². The van der Waals surface area contributed by atoms with Gasteiger partial charge in [-0.15, -0.1) is 0 Å². The summed E-state index contributed by atoms with van der Waals surface area (Å²) in [6.45, 7) is 0. The van der Waals surface area contributed by atoms with Crippen molar-refractivity contribution in [2.24, 2.45) is 0 Å². The first kappa shape index (κ1) is 6.55. The predicted molar refractivity (Wildman–Crippen MR) is 39.7 cm³/mol. The number of H-pyrrole nitrogens is 1. The van der Waals surface area contributed by atoms with Gasteiger partial charge in [0.05, 0.1) is 0 Å². The van der Waals surface area contributed by atoms with E-state index >= 15 is 0 Å². The molecular weight excluding hydrogens is 182 g/mol. The maximum Gasteiger partial charge on any atom is 0.247 e. The van der Waals surface area contributed by atoms with E-state index in [-0.39, 0.29) is 5.56 Å². The summed E-state index contributed by atoms with van der Waals surface area (Å²) in [6.07, 6.45) is 1.69. The van der Waals surface area contributed by atoms with Crippen LogP contribution in [0.1, 0.15) is 5.56 Å². The lowest BCUT2D eigenvalue weighted by molar-refractivity contribution is 1.19. The summed E-state index contributed by atoms with van der Waals surface area (Å²) >= 11 is 3.26. The van der Waals surface area contributed by atoms with E-state index in [4.69, 9.17) is 0 Å². The second-order valence-corrected chi connectivity index (χ2v) is 2.26. The third kappa shape index (κ3) is 1.68. The zero-order chi connectivity index (χ0) is 6.69. The highest BCUT2D eigenvalue weighted by Crippen LogP contribution is 1.98. The molecule has 48 valence electrons. The number of hydrogen-bond acceptors (Lipinski definition) is 1. The second-order valence-electron chi connectivity index (χ2n) is 1.69. The molecule has 0 bridgehead atoms. The third-order valence-corrected chi connectivity index (χ3v) is 1.65. The molecule has 1 N–H and O–H groups in total. The minimum atomic E-state index is -0.0558. The number of rotatable bonds is 1. The molecule has 0 amide bonds. The molecule has 1 rings (SSSR count). The Kier molecular flexibility index (Phi) is 2.05. The average Bonchev–Trinajstić information content (AvgIpc) is 1.90. The Morgan fingerprint density at radius 1 is 1.56 bits per heavy atom. The molecular formula is C6H6BrNO. The number of aromatic amines is 1. The first-order chi connectivity index (χ1) is 4.33. The van der Waals surface area contributed by atoms with E-state index in [2.05, 4.69) is 20.9 Å². The lowest BCUT2D eigenvalue weighted by Gasteiger charge is -1.88. The van der Waals surface area contributed by atoms with Crippen LogP contribution in [0.4, 0.5) is 0 Å². The summed E-state index contributed by atoms with van der Waals surface area (Å²) in [5.41, 5.74) is 1.02. The highest BCUT2D eigenvalue weighted by atomic mass is 79.9. The van der Waals surface area contributed by atoms with E-state index in [1.807, 2.05) is 0 Å². The van der Waals surface area contributed by atoms with Crippen molar-refractivity contribution in [1.82, 2.24) is 4.98 Å². The Balaban J connectivity index is 3.02. The lowest BCUT2D eigenvalue weighted by Crippen LogP contribution is -2.01. The van der Waals surface area contributed by atoms with Gasteiger partial charge >= 0.3 is 0 Å². The summed E-state index contributed by atoms with van der Waals surface area (Å²) in [5.74, 6) is 0. The van der Waals surface area contributed by atoms with Crippen LogP contribution in [-0.2, 0) is 5.33 Å². The van der Waals surface area contributed by atoms with Crippen molar-refractivity contribution in [2.45, 2.75) is 5.33 Å². The molecule has 2 nitrogen and oxygen atoms in total. The van der Waals surface area contributed by atoms with Gasteiger partial charge in [-0.05, 0) is 5.56 Å². The lowest BCUT2D eigenvalue weighted by atomic mass is 10.3. The molecule has 0 saturated heterocycles. The Bertz CT molecular complexity index is 223. The van der Waals surface area contributed by atoms with Crippen LogP contribution in [0, 0.1) is 0 Å². The zero-order valence-corrected chi connectivity index (χ0v) is 6.31. The van der Waals surface area contributed by atoms with E-state index in [0.717, 1.165) is 10.9 Å². The van der Waals surface area contributed by atoms with Crippen LogP contribution in [0.5, 0.6) is 0 Å².